The predicted molar refractivity (Wildman–Crippen MR) is 84.5 cm³/mol. The van der Waals surface area contributed by atoms with E-state index in [-0.39, 0.29) is 0 Å². The lowest BCUT2D eigenvalue weighted by Gasteiger charge is -2.08. The standard InChI is InChI=1S/C17H19NO4/c18-15-3-7-17(8-4-15)22-12-10-20-9-11-21-16-5-1-14(13-19)2-6-16/h1-8,13H,9-12,18H2. The molecule has 0 saturated carbocycles. The van der Waals surface area contributed by atoms with Crippen LogP contribution in [0.4, 0.5) is 5.69 Å². The van der Waals surface area contributed by atoms with E-state index in [0.29, 0.717) is 43.4 Å². The van der Waals surface area contributed by atoms with Gasteiger partial charge in [-0.15, -0.1) is 0 Å². The van der Waals surface area contributed by atoms with Crippen molar-refractivity contribution in [2.24, 2.45) is 0 Å². The maximum Gasteiger partial charge on any atom is 0.150 e. The number of aldehydes is 1. The lowest BCUT2D eigenvalue weighted by Crippen LogP contribution is -2.12. The Bertz CT molecular complexity index is 566. The van der Waals surface area contributed by atoms with Gasteiger partial charge in [-0.05, 0) is 48.5 Å². The van der Waals surface area contributed by atoms with Gasteiger partial charge in [0.1, 0.15) is 31.0 Å². The third-order valence-corrected chi connectivity index (χ3v) is 2.89. The van der Waals surface area contributed by atoms with Gasteiger partial charge in [-0.25, -0.2) is 0 Å². The first-order chi connectivity index (χ1) is 10.8. The van der Waals surface area contributed by atoms with Crippen molar-refractivity contribution >= 4 is 12.0 Å². The van der Waals surface area contributed by atoms with Crippen LogP contribution in [-0.2, 0) is 4.74 Å². The van der Waals surface area contributed by atoms with Crippen LogP contribution in [-0.4, -0.2) is 32.7 Å². The summed E-state index contributed by atoms with van der Waals surface area (Å²) in [5.41, 5.74) is 6.93. The van der Waals surface area contributed by atoms with Gasteiger partial charge in [0.15, 0.2) is 0 Å². The first kappa shape index (κ1) is 15.9. The lowest BCUT2D eigenvalue weighted by molar-refractivity contribution is 0.0764. The molecule has 0 heterocycles. The maximum atomic E-state index is 10.5. The Labute approximate surface area is 129 Å². The molecule has 2 aromatic carbocycles. The molecule has 0 fully saturated rings. The highest BCUT2D eigenvalue weighted by molar-refractivity contribution is 5.74. The molecule has 0 spiro atoms. The largest absolute Gasteiger partial charge is 0.491 e. The van der Waals surface area contributed by atoms with E-state index in [2.05, 4.69) is 0 Å². The SMILES string of the molecule is Nc1ccc(OCCOCCOc2ccc(C=O)cc2)cc1. The topological polar surface area (TPSA) is 70.8 Å². The highest BCUT2D eigenvalue weighted by Gasteiger charge is 1.96. The minimum atomic E-state index is 0.447. The van der Waals surface area contributed by atoms with E-state index in [4.69, 9.17) is 19.9 Å². The molecule has 0 radical (unpaired) electrons. The smallest absolute Gasteiger partial charge is 0.150 e. The van der Waals surface area contributed by atoms with Crippen LogP contribution in [0.2, 0.25) is 0 Å². The summed E-state index contributed by atoms with van der Waals surface area (Å²) in [5.74, 6) is 1.48. The Balaban J connectivity index is 1.53. The van der Waals surface area contributed by atoms with Crippen molar-refractivity contribution in [1.29, 1.82) is 0 Å². The Morgan fingerprint density at radius 1 is 0.773 bits per heavy atom. The molecule has 0 bridgehead atoms. The van der Waals surface area contributed by atoms with E-state index in [9.17, 15) is 4.79 Å². The van der Waals surface area contributed by atoms with E-state index in [1.807, 2.05) is 12.1 Å². The molecule has 0 atom stereocenters. The second kappa shape index (κ2) is 8.69. The third-order valence-electron chi connectivity index (χ3n) is 2.89. The first-order valence-electron chi connectivity index (χ1n) is 7.02. The third kappa shape index (κ3) is 5.46. The van der Waals surface area contributed by atoms with Crippen LogP contribution < -0.4 is 15.2 Å². The minimum Gasteiger partial charge on any atom is -0.491 e. The summed E-state index contributed by atoms with van der Waals surface area (Å²) in [6, 6.07) is 14.2. The molecule has 5 heteroatoms. The van der Waals surface area contributed by atoms with Gasteiger partial charge in [0.25, 0.3) is 0 Å². The molecule has 0 unspecified atom stereocenters. The summed E-state index contributed by atoms with van der Waals surface area (Å²) in [6.07, 6.45) is 0.800. The summed E-state index contributed by atoms with van der Waals surface area (Å²) in [4.78, 5) is 10.5. The van der Waals surface area contributed by atoms with Crippen molar-refractivity contribution in [3.8, 4) is 11.5 Å². The predicted octanol–water partition coefficient (Wildman–Crippen LogP) is 2.56. The lowest BCUT2D eigenvalue weighted by atomic mass is 10.2. The van der Waals surface area contributed by atoms with Gasteiger partial charge in [-0.2, -0.15) is 0 Å². The fraction of sp³-hybridized carbons (Fsp3) is 0.235. The number of benzene rings is 2. The Morgan fingerprint density at radius 2 is 1.27 bits per heavy atom. The zero-order valence-electron chi connectivity index (χ0n) is 12.2. The number of hydrogen-bond acceptors (Lipinski definition) is 5. The van der Waals surface area contributed by atoms with Crippen LogP contribution in [0.15, 0.2) is 48.5 Å². The summed E-state index contributed by atoms with van der Waals surface area (Å²) in [5, 5.41) is 0. The fourth-order valence-corrected chi connectivity index (χ4v) is 1.75. The molecule has 0 aliphatic heterocycles. The number of hydrogen-bond donors (Lipinski definition) is 1. The Kier molecular flexibility index (Phi) is 6.26. The van der Waals surface area contributed by atoms with Gasteiger partial charge in [-0.3, -0.25) is 4.79 Å². The van der Waals surface area contributed by atoms with Crippen LogP contribution in [0, 0.1) is 0 Å². The number of anilines is 1. The average Bonchev–Trinajstić information content (AvgIpc) is 2.56. The second-order valence-corrected chi connectivity index (χ2v) is 4.57. The Morgan fingerprint density at radius 3 is 1.77 bits per heavy atom. The number of rotatable bonds is 9. The van der Waals surface area contributed by atoms with E-state index in [1.165, 1.54) is 0 Å². The molecule has 0 amide bonds. The summed E-state index contributed by atoms with van der Waals surface area (Å²) < 4.78 is 16.4. The molecular weight excluding hydrogens is 282 g/mol. The van der Waals surface area contributed by atoms with Crippen molar-refractivity contribution in [3.63, 3.8) is 0 Å². The van der Waals surface area contributed by atoms with Crippen molar-refractivity contribution in [2.45, 2.75) is 0 Å². The van der Waals surface area contributed by atoms with Gasteiger partial charge in [0.05, 0.1) is 13.2 Å². The van der Waals surface area contributed by atoms with E-state index in [0.717, 1.165) is 12.0 Å². The summed E-state index contributed by atoms with van der Waals surface area (Å²) in [7, 11) is 0. The molecule has 5 nitrogen and oxygen atoms in total. The number of carbonyl (C=O) groups excluding carboxylic acids is 1. The van der Waals surface area contributed by atoms with Gasteiger partial charge in [0.2, 0.25) is 0 Å². The van der Waals surface area contributed by atoms with Crippen molar-refractivity contribution in [1.82, 2.24) is 0 Å². The minimum absolute atomic E-state index is 0.447. The zero-order valence-corrected chi connectivity index (χ0v) is 12.2. The van der Waals surface area contributed by atoms with Crippen LogP contribution in [0.25, 0.3) is 0 Å². The number of ether oxygens (including phenoxy) is 3. The van der Waals surface area contributed by atoms with Crippen molar-refractivity contribution in [3.05, 3.63) is 54.1 Å². The van der Waals surface area contributed by atoms with Crippen molar-refractivity contribution < 1.29 is 19.0 Å². The molecule has 0 aliphatic carbocycles. The second-order valence-electron chi connectivity index (χ2n) is 4.57. The molecule has 116 valence electrons. The van der Waals surface area contributed by atoms with E-state index in [1.54, 1.807) is 36.4 Å². The summed E-state index contributed by atoms with van der Waals surface area (Å²) >= 11 is 0. The van der Waals surface area contributed by atoms with Crippen LogP contribution in [0.3, 0.4) is 0 Å². The van der Waals surface area contributed by atoms with Gasteiger partial charge >= 0.3 is 0 Å². The molecule has 0 saturated heterocycles. The van der Waals surface area contributed by atoms with E-state index < -0.39 is 0 Å². The number of nitrogen functional groups attached to an aromatic ring is 1. The molecule has 2 N–H and O–H groups in total. The normalized spacial score (nSPS) is 10.2. The fourth-order valence-electron chi connectivity index (χ4n) is 1.75. The Hall–Kier alpha value is -2.53. The average molecular weight is 301 g/mol. The molecule has 0 aliphatic rings. The highest BCUT2D eigenvalue weighted by Crippen LogP contribution is 2.13. The van der Waals surface area contributed by atoms with Gasteiger partial charge < -0.3 is 19.9 Å². The van der Waals surface area contributed by atoms with Gasteiger partial charge in [-0.1, -0.05) is 0 Å². The van der Waals surface area contributed by atoms with Crippen LogP contribution in [0.1, 0.15) is 10.4 Å². The zero-order chi connectivity index (χ0) is 15.6. The molecule has 2 rings (SSSR count). The van der Waals surface area contributed by atoms with Gasteiger partial charge in [0, 0.05) is 11.3 Å². The molecule has 22 heavy (non-hydrogen) atoms. The van der Waals surface area contributed by atoms with Crippen molar-refractivity contribution in [2.75, 3.05) is 32.2 Å². The molecule has 2 aromatic rings. The quantitative estimate of drug-likeness (QED) is 0.438. The first-order valence-corrected chi connectivity index (χ1v) is 7.02. The van der Waals surface area contributed by atoms with Crippen LogP contribution in [0.5, 0.6) is 11.5 Å². The molecular formula is C17H19NO4. The van der Waals surface area contributed by atoms with Crippen LogP contribution >= 0.6 is 0 Å². The number of nitrogens with two attached hydrogens (primary N) is 1. The summed E-state index contributed by atoms with van der Waals surface area (Å²) in [6.45, 7) is 1.87. The highest BCUT2D eigenvalue weighted by atomic mass is 16.5. The number of carbonyl (C=O) groups is 1. The maximum absolute atomic E-state index is 10.5. The molecule has 0 aromatic heterocycles. The monoisotopic (exact) mass is 301 g/mol. The van der Waals surface area contributed by atoms with E-state index >= 15 is 0 Å².